The van der Waals surface area contributed by atoms with Crippen LogP contribution in [-0.2, 0) is 18.9 Å². The van der Waals surface area contributed by atoms with E-state index in [9.17, 15) is 10.3 Å². The molecule has 2 heterocycles. The van der Waals surface area contributed by atoms with Crippen LogP contribution in [0.5, 0.6) is 0 Å². The number of nitrogens with zero attached hydrogens (tertiary/aromatic N) is 3. The maximum absolute atomic E-state index is 9.50. The number of hydrogen-bond acceptors (Lipinski definition) is 10. The molecule has 0 saturated carbocycles. The molecular weight excluding hydrogens is 320 g/mol. The van der Waals surface area contributed by atoms with Crippen molar-refractivity contribution in [2.45, 2.75) is 18.9 Å². The van der Waals surface area contributed by atoms with Crippen molar-refractivity contribution in [2.24, 2.45) is 0 Å². The lowest BCUT2D eigenvalue weighted by Gasteiger charge is -2.30. The molecule has 1 unspecified atom stereocenters. The van der Waals surface area contributed by atoms with E-state index in [1.807, 2.05) is 14.7 Å². The Bertz CT molecular complexity index is 286. The van der Waals surface area contributed by atoms with E-state index in [1.54, 1.807) is 0 Å². The van der Waals surface area contributed by atoms with Gasteiger partial charge in [-0.3, -0.25) is 14.7 Å². The summed E-state index contributed by atoms with van der Waals surface area (Å²) in [5, 5.41) is 18.8. The molecule has 2 aliphatic rings. The third kappa shape index (κ3) is 7.66. The van der Waals surface area contributed by atoms with Crippen molar-refractivity contribution >= 4 is 0 Å². The highest BCUT2D eigenvalue weighted by Crippen LogP contribution is 2.06. The summed E-state index contributed by atoms with van der Waals surface area (Å²) >= 11 is 0. The van der Waals surface area contributed by atoms with E-state index in [0.717, 1.165) is 32.5 Å². The molecule has 2 rings (SSSR count). The van der Waals surface area contributed by atoms with E-state index in [1.165, 1.54) is 0 Å². The van der Waals surface area contributed by atoms with Gasteiger partial charge in [0, 0.05) is 32.2 Å². The Balaban J connectivity index is 1.59. The maximum atomic E-state index is 9.50. The van der Waals surface area contributed by atoms with E-state index in [0.29, 0.717) is 47.1 Å². The number of nitrogens with one attached hydrogen (secondary N) is 1. The molecule has 0 spiro atoms. The van der Waals surface area contributed by atoms with Crippen LogP contribution in [0.3, 0.4) is 0 Å². The fourth-order valence-corrected chi connectivity index (χ4v) is 2.60. The minimum Gasteiger partial charge on any atom is -0.381 e. The molecule has 0 aliphatic carbocycles. The summed E-state index contributed by atoms with van der Waals surface area (Å²) in [6, 6.07) is -0.0392. The first kappa shape index (κ1) is 19.9. The molecule has 0 radical (unpaired) electrons. The van der Waals surface area contributed by atoms with Gasteiger partial charge in [-0.1, -0.05) is 0 Å². The summed E-state index contributed by atoms with van der Waals surface area (Å²) in [5.74, 6) is 0. The van der Waals surface area contributed by atoms with Gasteiger partial charge in [-0.05, 0) is 12.8 Å². The fourth-order valence-electron chi connectivity index (χ4n) is 2.60. The molecule has 24 heavy (non-hydrogen) atoms. The normalized spacial score (nSPS) is 22.1. The molecule has 0 amide bonds. The van der Waals surface area contributed by atoms with Crippen LogP contribution in [0.25, 0.3) is 0 Å². The summed E-state index contributed by atoms with van der Waals surface area (Å²) in [4.78, 5) is 6.00. The lowest BCUT2D eigenvalue weighted by atomic mass is 10.1. The van der Waals surface area contributed by atoms with Gasteiger partial charge >= 0.3 is 0 Å². The van der Waals surface area contributed by atoms with E-state index in [-0.39, 0.29) is 12.8 Å². The fraction of sp³-hybridized carbons (Fsp3) is 1.00. The summed E-state index contributed by atoms with van der Waals surface area (Å²) in [6.07, 6.45) is 1.51. The average molecular weight is 350 g/mol. The summed E-state index contributed by atoms with van der Waals surface area (Å²) < 4.78 is 20.8. The van der Waals surface area contributed by atoms with Crippen LogP contribution in [0, 0.1) is 0 Å². The predicted octanol–water partition coefficient (Wildman–Crippen LogP) is -1.19. The lowest BCUT2D eigenvalue weighted by molar-refractivity contribution is -0.184. The Labute approximate surface area is 142 Å². The van der Waals surface area contributed by atoms with Crippen LogP contribution < -0.4 is 5.48 Å². The number of rotatable bonds is 11. The Morgan fingerprint density at radius 1 is 0.875 bits per heavy atom. The second kappa shape index (κ2) is 12.0. The topological polar surface area (TPSA) is 99.1 Å². The molecule has 2 fully saturated rings. The summed E-state index contributed by atoms with van der Waals surface area (Å²) in [5.41, 5.74) is 2.36. The van der Waals surface area contributed by atoms with Crippen molar-refractivity contribution in [3.63, 3.8) is 0 Å². The first-order chi connectivity index (χ1) is 11.8. The highest BCUT2D eigenvalue weighted by Gasteiger charge is 2.16. The van der Waals surface area contributed by atoms with Gasteiger partial charge in [0.1, 0.15) is 40.5 Å². The highest BCUT2D eigenvalue weighted by atomic mass is 16.7. The molecule has 0 aromatic carbocycles. The first-order valence-electron chi connectivity index (χ1n) is 8.30. The van der Waals surface area contributed by atoms with Gasteiger partial charge in [-0.15, -0.1) is 0 Å². The number of hydrogen-bond donors (Lipinski definition) is 3. The molecule has 10 heteroatoms. The molecule has 2 aliphatic heterocycles. The van der Waals surface area contributed by atoms with Crippen LogP contribution in [0.1, 0.15) is 12.8 Å². The third-order valence-corrected chi connectivity index (χ3v) is 4.13. The number of aliphatic hydroxyl groups excluding tert-OH is 1. The minimum atomic E-state index is -0.0392. The molecular formula is C14H30N4O6. The Hall–Kier alpha value is -0.400. The van der Waals surface area contributed by atoms with Gasteiger partial charge in [0.25, 0.3) is 0 Å². The van der Waals surface area contributed by atoms with Crippen LogP contribution in [0.2, 0.25) is 0 Å². The second-order valence-electron chi connectivity index (χ2n) is 6.02. The van der Waals surface area contributed by atoms with Gasteiger partial charge in [0.15, 0.2) is 0 Å². The van der Waals surface area contributed by atoms with E-state index >= 15 is 0 Å². The number of aliphatic hydroxyl groups is 1. The predicted molar refractivity (Wildman–Crippen MR) is 83.6 cm³/mol. The summed E-state index contributed by atoms with van der Waals surface area (Å²) in [7, 11) is 0. The second-order valence-corrected chi connectivity index (χ2v) is 6.02. The quantitative estimate of drug-likeness (QED) is 0.311. The monoisotopic (exact) mass is 350 g/mol. The standard InChI is InChI=1S/C14H30N4O6/c19-7-16(5-6-18-10-23-13-24-11-18)3-1-14(15-20)2-4-17-8-21-12-22-9-17/h14-15,19-20H,1-13H2. The van der Waals surface area contributed by atoms with Crippen LogP contribution in [0.15, 0.2) is 0 Å². The Morgan fingerprint density at radius 2 is 1.46 bits per heavy atom. The largest absolute Gasteiger partial charge is 0.381 e. The molecule has 1 atom stereocenters. The van der Waals surface area contributed by atoms with Gasteiger partial charge in [-0.2, -0.15) is 0 Å². The Morgan fingerprint density at radius 3 is 2.00 bits per heavy atom. The smallest absolute Gasteiger partial charge is 0.150 e. The zero-order valence-corrected chi connectivity index (χ0v) is 14.1. The van der Waals surface area contributed by atoms with Crippen molar-refractivity contribution in [1.29, 1.82) is 0 Å². The first-order valence-corrected chi connectivity index (χ1v) is 8.30. The molecule has 142 valence electrons. The summed E-state index contributed by atoms with van der Waals surface area (Å²) in [6.45, 7) is 5.85. The van der Waals surface area contributed by atoms with E-state index in [4.69, 9.17) is 18.9 Å². The van der Waals surface area contributed by atoms with Crippen molar-refractivity contribution in [1.82, 2.24) is 20.2 Å². The van der Waals surface area contributed by atoms with Crippen LogP contribution in [-0.4, -0.2) is 104 Å². The molecule has 3 N–H and O–H groups in total. The molecule has 0 aromatic rings. The third-order valence-electron chi connectivity index (χ3n) is 4.13. The van der Waals surface area contributed by atoms with Gasteiger partial charge in [0.2, 0.25) is 0 Å². The lowest BCUT2D eigenvalue weighted by Crippen LogP contribution is -2.42. The van der Waals surface area contributed by atoms with Crippen LogP contribution >= 0.6 is 0 Å². The highest BCUT2D eigenvalue weighted by molar-refractivity contribution is 4.68. The van der Waals surface area contributed by atoms with E-state index < -0.39 is 0 Å². The number of hydroxylamine groups is 1. The molecule has 2 saturated heterocycles. The zero-order chi connectivity index (χ0) is 17.0. The van der Waals surface area contributed by atoms with Crippen LogP contribution in [0.4, 0.5) is 0 Å². The van der Waals surface area contributed by atoms with Crippen molar-refractivity contribution in [2.75, 3.05) is 73.4 Å². The molecule has 0 aromatic heterocycles. The van der Waals surface area contributed by atoms with Gasteiger partial charge in [-0.25, -0.2) is 5.48 Å². The van der Waals surface area contributed by atoms with Crippen molar-refractivity contribution < 1.29 is 29.3 Å². The molecule has 10 nitrogen and oxygen atoms in total. The van der Waals surface area contributed by atoms with Crippen molar-refractivity contribution in [3.05, 3.63) is 0 Å². The number of ether oxygens (including phenoxy) is 4. The van der Waals surface area contributed by atoms with Crippen molar-refractivity contribution in [3.8, 4) is 0 Å². The Kier molecular flexibility index (Phi) is 9.99. The SMILES string of the molecule is OCN(CCC(CCN1COCOC1)NO)CCN1COCOC1. The zero-order valence-electron chi connectivity index (χ0n) is 14.1. The maximum Gasteiger partial charge on any atom is 0.150 e. The molecule has 0 bridgehead atoms. The average Bonchev–Trinajstić information content (AvgIpc) is 2.65. The van der Waals surface area contributed by atoms with Gasteiger partial charge in [0.05, 0.1) is 6.73 Å². The minimum absolute atomic E-state index is 0.0124. The van der Waals surface area contributed by atoms with E-state index in [2.05, 4.69) is 5.48 Å². The van der Waals surface area contributed by atoms with Gasteiger partial charge < -0.3 is 29.3 Å².